The number of hydrogen-bond donors (Lipinski definition) is 1. The molecule has 6 nitrogen and oxygen atoms in total. The molecule has 1 amide bonds. The molecule has 0 saturated carbocycles. The predicted octanol–water partition coefficient (Wildman–Crippen LogP) is 1.45. The number of piperidine rings is 1. The minimum Gasteiger partial charge on any atom is -0.378 e. The van der Waals surface area contributed by atoms with Crippen molar-refractivity contribution in [3.63, 3.8) is 0 Å². The summed E-state index contributed by atoms with van der Waals surface area (Å²) in [6, 6.07) is 2.41. The van der Waals surface area contributed by atoms with Gasteiger partial charge in [-0.2, -0.15) is 5.10 Å². The Morgan fingerprint density at radius 3 is 2.77 bits per heavy atom. The van der Waals surface area contributed by atoms with Gasteiger partial charge in [0.05, 0.1) is 25.3 Å². The summed E-state index contributed by atoms with van der Waals surface area (Å²) in [6.45, 7) is 7.63. The number of rotatable bonds is 4. The van der Waals surface area contributed by atoms with Crippen molar-refractivity contribution < 1.29 is 9.53 Å². The van der Waals surface area contributed by atoms with Crippen molar-refractivity contribution in [3.05, 3.63) is 18.0 Å². The zero-order chi connectivity index (χ0) is 15.5. The lowest BCUT2D eigenvalue weighted by molar-refractivity contribution is 0.0894. The van der Waals surface area contributed by atoms with Gasteiger partial charge in [0.25, 0.3) is 5.91 Å². The van der Waals surface area contributed by atoms with E-state index < -0.39 is 0 Å². The first-order valence-corrected chi connectivity index (χ1v) is 8.33. The number of carbonyl (C=O) groups is 1. The van der Waals surface area contributed by atoms with Gasteiger partial charge in [-0.25, -0.2) is 0 Å². The van der Waals surface area contributed by atoms with Crippen LogP contribution in [0.4, 0.5) is 0 Å². The number of carbonyl (C=O) groups excluding carboxylic acids is 1. The average Bonchev–Trinajstić information content (AvgIpc) is 3.17. The normalized spacial score (nSPS) is 26.5. The zero-order valence-electron chi connectivity index (χ0n) is 13.5. The van der Waals surface area contributed by atoms with Gasteiger partial charge < -0.3 is 10.1 Å². The molecule has 1 aromatic heterocycles. The van der Waals surface area contributed by atoms with Crippen molar-refractivity contribution >= 4 is 5.91 Å². The molecule has 1 N–H and O–H groups in total. The highest BCUT2D eigenvalue weighted by Gasteiger charge is 2.35. The Bertz CT molecular complexity index is 508. The summed E-state index contributed by atoms with van der Waals surface area (Å²) in [7, 11) is 0. The van der Waals surface area contributed by atoms with Crippen LogP contribution in [0.5, 0.6) is 0 Å². The van der Waals surface area contributed by atoms with E-state index in [0.29, 0.717) is 24.9 Å². The second-order valence-corrected chi connectivity index (χ2v) is 6.56. The molecule has 0 spiro atoms. The van der Waals surface area contributed by atoms with Crippen molar-refractivity contribution in [1.29, 1.82) is 0 Å². The second kappa shape index (κ2) is 6.79. The van der Waals surface area contributed by atoms with E-state index in [2.05, 4.69) is 15.3 Å². The van der Waals surface area contributed by atoms with Crippen molar-refractivity contribution in [2.24, 2.45) is 0 Å². The first kappa shape index (κ1) is 15.5. The van der Waals surface area contributed by atoms with Crippen LogP contribution >= 0.6 is 0 Å². The van der Waals surface area contributed by atoms with Crippen molar-refractivity contribution in [2.45, 2.75) is 51.2 Å². The number of nitrogens with one attached hydrogen (secondary N) is 1. The molecule has 2 aliphatic heterocycles. The summed E-state index contributed by atoms with van der Waals surface area (Å²) in [6.07, 6.45) is 5.66. The van der Waals surface area contributed by atoms with Gasteiger partial charge in [-0.15, -0.1) is 0 Å². The number of ether oxygens (including phenoxy) is 1. The molecule has 0 radical (unpaired) electrons. The van der Waals surface area contributed by atoms with E-state index in [9.17, 15) is 4.79 Å². The standard InChI is InChI=1S/C16H26N4O2/c1-12(2)20-9-6-13(18-20)16(21)17-14-10-22-11-15(14)19-7-4-3-5-8-19/h6,9,12,14-15H,3-5,7-8,10-11H2,1-2H3,(H,17,21)/t14-,15-/m0/s1. The molecule has 0 aliphatic carbocycles. The summed E-state index contributed by atoms with van der Waals surface area (Å²) >= 11 is 0. The summed E-state index contributed by atoms with van der Waals surface area (Å²) in [5, 5.41) is 7.45. The van der Waals surface area contributed by atoms with Crippen LogP contribution < -0.4 is 5.32 Å². The fraction of sp³-hybridized carbons (Fsp3) is 0.750. The maximum Gasteiger partial charge on any atom is 0.272 e. The molecule has 0 aromatic carbocycles. The van der Waals surface area contributed by atoms with Gasteiger partial charge in [-0.3, -0.25) is 14.4 Å². The Labute approximate surface area is 131 Å². The zero-order valence-corrected chi connectivity index (χ0v) is 13.5. The molecule has 0 bridgehead atoms. The Balaban J connectivity index is 1.61. The topological polar surface area (TPSA) is 59.4 Å². The SMILES string of the molecule is CC(C)n1ccc(C(=O)N[C@H]2COC[C@@H]2N2CCCCC2)n1. The van der Waals surface area contributed by atoms with Crippen LogP contribution in [0.25, 0.3) is 0 Å². The van der Waals surface area contributed by atoms with E-state index in [4.69, 9.17) is 4.74 Å². The largest absolute Gasteiger partial charge is 0.378 e. The van der Waals surface area contributed by atoms with Gasteiger partial charge in [0.1, 0.15) is 5.69 Å². The smallest absolute Gasteiger partial charge is 0.272 e. The summed E-state index contributed by atoms with van der Waals surface area (Å²) < 4.78 is 7.43. The van der Waals surface area contributed by atoms with Crippen LogP contribution in [0.2, 0.25) is 0 Å². The van der Waals surface area contributed by atoms with Crippen LogP contribution in [0.1, 0.15) is 49.6 Å². The van der Waals surface area contributed by atoms with Crippen LogP contribution in [-0.2, 0) is 4.74 Å². The second-order valence-electron chi connectivity index (χ2n) is 6.56. The number of aromatic nitrogens is 2. The molecule has 0 unspecified atom stereocenters. The third-order valence-corrected chi connectivity index (χ3v) is 4.60. The van der Waals surface area contributed by atoms with Crippen molar-refractivity contribution in [3.8, 4) is 0 Å². The number of likely N-dealkylation sites (tertiary alicyclic amines) is 1. The fourth-order valence-corrected chi connectivity index (χ4v) is 3.28. The lowest BCUT2D eigenvalue weighted by Crippen LogP contribution is -2.52. The molecule has 122 valence electrons. The lowest BCUT2D eigenvalue weighted by atomic mass is 10.0. The molecule has 3 heterocycles. The molecule has 1 aromatic rings. The van der Waals surface area contributed by atoms with Gasteiger partial charge in [0.2, 0.25) is 0 Å². The number of hydrogen-bond acceptors (Lipinski definition) is 4. The van der Waals surface area contributed by atoms with Gasteiger partial charge in [-0.05, 0) is 45.8 Å². The monoisotopic (exact) mass is 306 g/mol. The molecule has 2 aliphatic rings. The average molecular weight is 306 g/mol. The number of nitrogens with zero attached hydrogens (tertiary/aromatic N) is 3. The lowest BCUT2D eigenvalue weighted by Gasteiger charge is -2.34. The van der Waals surface area contributed by atoms with E-state index >= 15 is 0 Å². The first-order chi connectivity index (χ1) is 10.6. The van der Waals surface area contributed by atoms with Gasteiger partial charge in [-0.1, -0.05) is 6.42 Å². The third-order valence-electron chi connectivity index (χ3n) is 4.60. The molecule has 22 heavy (non-hydrogen) atoms. The van der Waals surface area contributed by atoms with E-state index in [1.165, 1.54) is 19.3 Å². The molecule has 3 rings (SSSR count). The Kier molecular flexibility index (Phi) is 4.78. The van der Waals surface area contributed by atoms with Crippen molar-refractivity contribution in [1.82, 2.24) is 20.0 Å². The minimum atomic E-state index is -0.100. The molecule has 2 fully saturated rings. The highest BCUT2D eigenvalue weighted by molar-refractivity contribution is 5.92. The Morgan fingerprint density at radius 2 is 2.09 bits per heavy atom. The van der Waals surface area contributed by atoms with Crippen molar-refractivity contribution in [2.75, 3.05) is 26.3 Å². The summed E-state index contributed by atoms with van der Waals surface area (Å²) in [4.78, 5) is 14.9. The first-order valence-electron chi connectivity index (χ1n) is 8.33. The third kappa shape index (κ3) is 3.33. The summed E-state index contributed by atoms with van der Waals surface area (Å²) in [5.41, 5.74) is 0.484. The van der Waals surface area contributed by atoms with E-state index in [1.807, 2.05) is 24.7 Å². The molecule has 6 heteroatoms. The number of amides is 1. The highest BCUT2D eigenvalue weighted by atomic mass is 16.5. The summed E-state index contributed by atoms with van der Waals surface area (Å²) in [5.74, 6) is -0.100. The Morgan fingerprint density at radius 1 is 1.32 bits per heavy atom. The van der Waals surface area contributed by atoms with Crippen LogP contribution in [-0.4, -0.2) is 59.0 Å². The predicted molar refractivity (Wildman–Crippen MR) is 83.9 cm³/mol. The van der Waals surface area contributed by atoms with Gasteiger partial charge >= 0.3 is 0 Å². The maximum atomic E-state index is 12.4. The van der Waals surface area contributed by atoms with Crippen LogP contribution in [0.15, 0.2) is 12.3 Å². The molecule has 2 saturated heterocycles. The van der Waals surface area contributed by atoms with Crippen LogP contribution in [0.3, 0.4) is 0 Å². The minimum absolute atomic E-state index is 0.0646. The quantitative estimate of drug-likeness (QED) is 0.914. The Hall–Kier alpha value is -1.40. The molecular weight excluding hydrogens is 280 g/mol. The van der Waals surface area contributed by atoms with Gasteiger partial charge in [0, 0.05) is 12.2 Å². The molecular formula is C16H26N4O2. The van der Waals surface area contributed by atoms with E-state index in [1.54, 1.807) is 6.07 Å². The fourth-order valence-electron chi connectivity index (χ4n) is 3.28. The van der Waals surface area contributed by atoms with E-state index in [-0.39, 0.29) is 18.0 Å². The van der Waals surface area contributed by atoms with E-state index in [0.717, 1.165) is 13.1 Å². The van der Waals surface area contributed by atoms with Crippen LogP contribution in [0, 0.1) is 0 Å². The maximum absolute atomic E-state index is 12.4. The highest BCUT2D eigenvalue weighted by Crippen LogP contribution is 2.19. The molecule has 2 atom stereocenters. The van der Waals surface area contributed by atoms with Gasteiger partial charge in [0.15, 0.2) is 0 Å².